The van der Waals surface area contributed by atoms with Crippen LogP contribution in [0.4, 0.5) is 4.39 Å². The second kappa shape index (κ2) is 7.52. The largest absolute Gasteiger partial charge is 0.465 e. The minimum atomic E-state index is -0.611. The van der Waals surface area contributed by atoms with Gasteiger partial charge in [-0.15, -0.1) is 5.10 Å². The third-order valence-electron chi connectivity index (χ3n) is 3.22. The molecule has 0 aliphatic heterocycles. The summed E-state index contributed by atoms with van der Waals surface area (Å²) in [5.74, 6) is -0.377. The van der Waals surface area contributed by atoms with Crippen LogP contribution in [0, 0.1) is 5.95 Å². The summed E-state index contributed by atoms with van der Waals surface area (Å²) in [7, 11) is 0. The van der Waals surface area contributed by atoms with E-state index in [-0.39, 0.29) is 19.1 Å². The maximum absolute atomic E-state index is 13.5. The highest BCUT2D eigenvalue weighted by molar-refractivity contribution is 5.71. The van der Waals surface area contributed by atoms with E-state index in [1.807, 2.05) is 0 Å². The fourth-order valence-corrected chi connectivity index (χ4v) is 2.19. The Morgan fingerprint density at radius 1 is 1.20 bits per heavy atom. The number of rotatable bonds is 6. The third kappa shape index (κ3) is 3.97. The van der Waals surface area contributed by atoms with Crippen molar-refractivity contribution in [3.8, 4) is 23.0 Å². The van der Waals surface area contributed by atoms with Crippen molar-refractivity contribution in [3.05, 3.63) is 54.7 Å². The number of nitrogens with zero attached hydrogens (tertiary/aromatic N) is 4. The molecule has 128 valence electrons. The van der Waals surface area contributed by atoms with Gasteiger partial charge < -0.3 is 9.47 Å². The molecule has 8 heteroatoms. The summed E-state index contributed by atoms with van der Waals surface area (Å²) in [5, 5.41) is 4.30. The maximum Gasteiger partial charge on any atom is 0.344 e. The first-order valence-corrected chi connectivity index (χ1v) is 7.59. The number of halogens is 1. The summed E-state index contributed by atoms with van der Waals surface area (Å²) in [6.45, 7) is 1.72. The quantitative estimate of drug-likeness (QED) is 0.506. The lowest BCUT2D eigenvalue weighted by Gasteiger charge is -2.05. The van der Waals surface area contributed by atoms with Gasteiger partial charge in [0.1, 0.15) is 0 Å². The average Bonchev–Trinajstić information content (AvgIpc) is 3.05. The normalized spacial score (nSPS) is 10.5. The second-order valence-corrected chi connectivity index (χ2v) is 4.93. The minimum Gasteiger partial charge on any atom is -0.465 e. The molecule has 3 heterocycles. The van der Waals surface area contributed by atoms with E-state index in [4.69, 9.17) is 9.47 Å². The van der Waals surface area contributed by atoms with Crippen molar-refractivity contribution < 1.29 is 18.7 Å². The Bertz CT molecular complexity index is 867. The average molecular weight is 342 g/mol. The topological polar surface area (TPSA) is 79.1 Å². The van der Waals surface area contributed by atoms with Crippen LogP contribution in [0.25, 0.3) is 17.1 Å². The number of hydrogen-bond acceptors (Lipinski definition) is 6. The summed E-state index contributed by atoms with van der Waals surface area (Å²) >= 11 is 0. The summed E-state index contributed by atoms with van der Waals surface area (Å²) in [6.07, 6.45) is 2.98. The number of aromatic nitrogens is 4. The van der Waals surface area contributed by atoms with Crippen LogP contribution in [0.3, 0.4) is 0 Å². The molecule has 7 nitrogen and oxygen atoms in total. The van der Waals surface area contributed by atoms with E-state index < -0.39 is 11.9 Å². The van der Waals surface area contributed by atoms with Crippen molar-refractivity contribution >= 4 is 5.97 Å². The smallest absolute Gasteiger partial charge is 0.344 e. The molecule has 0 aromatic carbocycles. The first-order chi connectivity index (χ1) is 12.2. The molecular weight excluding hydrogens is 327 g/mol. The Labute approximate surface area is 143 Å². The Morgan fingerprint density at radius 2 is 2.08 bits per heavy atom. The molecular formula is C17H15FN4O3. The van der Waals surface area contributed by atoms with E-state index in [0.29, 0.717) is 17.1 Å². The van der Waals surface area contributed by atoms with Crippen LogP contribution in [0.15, 0.2) is 48.8 Å². The van der Waals surface area contributed by atoms with E-state index >= 15 is 0 Å². The fraction of sp³-hybridized carbons (Fsp3) is 0.176. The van der Waals surface area contributed by atoms with Crippen molar-refractivity contribution in [2.24, 2.45) is 0 Å². The molecule has 3 aromatic heterocycles. The van der Waals surface area contributed by atoms with Crippen LogP contribution in [0.1, 0.15) is 6.92 Å². The summed E-state index contributed by atoms with van der Waals surface area (Å²) in [5.41, 5.74) is 1.11. The molecule has 0 aliphatic carbocycles. The number of ether oxygens (including phenoxy) is 2. The van der Waals surface area contributed by atoms with E-state index in [1.165, 1.54) is 16.9 Å². The first kappa shape index (κ1) is 16.6. The minimum absolute atomic E-state index is 0.200. The monoisotopic (exact) mass is 342 g/mol. The van der Waals surface area contributed by atoms with Gasteiger partial charge in [0.05, 0.1) is 12.3 Å². The van der Waals surface area contributed by atoms with Crippen LogP contribution in [-0.2, 0) is 9.53 Å². The van der Waals surface area contributed by atoms with Crippen LogP contribution < -0.4 is 4.74 Å². The van der Waals surface area contributed by atoms with Gasteiger partial charge in [0.25, 0.3) is 0 Å². The molecule has 0 bridgehead atoms. The van der Waals surface area contributed by atoms with Gasteiger partial charge in [-0.25, -0.2) is 19.4 Å². The second-order valence-electron chi connectivity index (χ2n) is 4.93. The molecule has 0 aliphatic rings. The van der Waals surface area contributed by atoms with Crippen LogP contribution in [0.5, 0.6) is 5.88 Å². The molecule has 0 radical (unpaired) electrons. The summed E-state index contributed by atoms with van der Waals surface area (Å²) in [4.78, 5) is 19.2. The van der Waals surface area contributed by atoms with E-state index in [0.717, 1.165) is 0 Å². The zero-order valence-corrected chi connectivity index (χ0v) is 13.4. The van der Waals surface area contributed by atoms with Gasteiger partial charge >= 0.3 is 5.97 Å². The molecule has 0 saturated heterocycles. The lowest BCUT2D eigenvalue weighted by molar-refractivity contribution is -0.145. The lowest BCUT2D eigenvalue weighted by Crippen LogP contribution is -2.14. The van der Waals surface area contributed by atoms with Crippen LogP contribution in [-0.4, -0.2) is 38.9 Å². The van der Waals surface area contributed by atoms with Crippen molar-refractivity contribution in [2.45, 2.75) is 6.92 Å². The molecule has 0 unspecified atom stereocenters. The first-order valence-electron chi connectivity index (χ1n) is 7.59. The Morgan fingerprint density at radius 3 is 2.80 bits per heavy atom. The van der Waals surface area contributed by atoms with Crippen LogP contribution >= 0.6 is 0 Å². The molecule has 0 saturated carbocycles. The predicted molar refractivity (Wildman–Crippen MR) is 86.7 cm³/mol. The van der Waals surface area contributed by atoms with Crippen molar-refractivity contribution in [2.75, 3.05) is 13.2 Å². The molecule has 3 aromatic rings. The number of pyridine rings is 2. The lowest BCUT2D eigenvalue weighted by atomic mass is 10.2. The molecule has 0 atom stereocenters. The van der Waals surface area contributed by atoms with Gasteiger partial charge in [-0.05, 0) is 25.1 Å². The zero-order chi connectivity index (χ0) is 17.6. The van der Waals surface area contributed by atoms with Crippen molar-refractivity contribution in [1.29, 1.82) is 0 Å². The zero-order valence-electron chi connectivity index (χ0n) is 13.4. The predicted octanol–water partition coefficient (Wildman–Crippen LogP) is 2.41. The SMILES string of the molecule is CCOC(=O)COc1cc(-c2ccnc(F)c2)n(-c2ccccn2)n1. The van der Waals surface area contributed by atoms with Crippen molar-refractivity contribution in [3.63, 3.8) is 0 Å². The third-order valence-corrected chi connectivity index (χ3v) is 3.22. The number of hydrogen-bond donors (Lipinski definition) is 0. The van der Waals surface area contributed by atoms with Gasteiger partial charge in [-0.1, -0.05) is 6.07 Å². The molecule has 0 spiro atoms. The highest BCUT2D eigenvalue weighted by Crippen LogP contribution is 2.26. The van der Waals surface area contributed by atoms with Crippen LogP contribution in [0.2, 0.25) is 0 Å². The van der Waals surface area contributed by atoms with Gasteiger partial charge in [-0.3, -0.25) is 0 Å². The highest BCUT2D eigenvalue weighted by Gasteiger charge is 2.15. The Kier molecular flexibility index (Phi) is 4.98. The molecule has 0 amide bonds. The Balaban J connectivity index is 1.96. The molecule has 25 heavy (non-hydrogen) atoms. The van der Waals surface area contributed by atoms with E-state index in [2.05, 4.69) is 15.1 Å². The van der Waals surface area contributed by atoms with Gasteiger partial charge in [0, 0.05) is 30.1 Å². The molecule has 0 fully saturated rings. The standard InChI is InChI=1S/C17H15FN4O3/c1-2-24-17(23)11-25-16-10-13(12-6-8-19-14(18)9-12)22(21-16)15-5-3-4-7-20-15/h3-10H,2,11H2,1H3. The van der Waals surface area contributed by atoms with Gasteiger partial charge in [-0.2, -0.15) is 4.39 Å². The molecule has 0 N–H and O–H groups in total. The van der Waals surface area contributed by atoms with Crippen molar-refractivity contribution in [1.82, 2.24) is 19.7 Å². The Hall–Kier alpha value is -3.29. The highest BCUT2D eigenvalue weighted by atomic mass is 19.1. The number of carbonyl (C=O) groups excluding carboxylic acids is 1. The van der Waals surface area contributed by atoms with E-state index in [1.54, 1.807) is 43.5 Å². The summed E-state index contributed by atoms with van der Waals surface area (Å²) < 4.78 is 25.2. The summed E-state index contributed by atoms with van der Waals surface area (Å²) in [6, 6.07) is 9.86. The van der Waals surface area contributed by atoms with Gasteiger partial charge in [0.2, 0.25) is 11.8 Å². The molecule has 3 rings (SSSR count). The number of esters is 1. The van der Waals surface area contributed by atoms with E-state index in [9.17, 15) is 9.18 Å². The number of carbonyl (C=O) groups is 1. The maximum atomic E-state index is 13.5. The fourth-order valence-electron chi connectivity index (χ4n) is 2.19. The van der Waals surface area contributed by atoms with Gasteiger partial charge in [0.15, 0.2) is 12.4 Å².